The summed E-state index contributed by atoms with van der Waals surface area (Å²) < 4.78 is 10.7. The van der Waals surface area contributed by atoms with Gasteiger partial charge in [-0.05, 0) is 5.56 Å². The van der Waals surface area contributed by atoms with E-state index in [1.54, 1.807) is 4.90 Å². The number of rotatable bonds is 5. The van der Waals surface area contributed by atoms with Crippen LogP contribution in [0.5, 0.6) is 0 Å². The molecule has 0 aliphatic carbocycles. The minimum atomic E-state index is -0.0700. The first kappa shape index (κ1) is 20.0. The predicted molar refractivity (Wildman–Crippen MR) is 111 cm³/mol. The first-order valence-electron chi connectivity index (χ1n) is 9.97. The molecule has 0 unspecified atom stereocenters. The maximum Gasteiger partial charge on any atom is 0.280 e. The maximum atomic E-state index is 13.4. The molecule has 2 N–H and O–H groups in total. The van der Waals surface area contributed by atoms with E-state index in [4.69, 9.17) is 9.47 Å². The minimum Gasteiger partial charge on any atom is -0.378 e. The molecule has 0 atom stereocenters. The lowest BCUT2D eigenvalue weighted by Crippen LogP contribution is -3.15. The van der Waals surface area contributed by atoms with Gasteiger partial charge in [0.2, 0.25) is 0 Å². The number of amides is 2. The van der Waals surface area contributed by atoms with Crippen molar-refractivity contribution < 1.29 is 24.0 Å². The van der Waals surface area contributed by atoms with Gasteiger partial charge in [0.15, 0.2) is 6.54 Å². The Bertz CT molecular complexity index is 843. The highest BCUT2D eigenvalue weighted by atomic mass is 32.1. The second-order valence-electron chi connectivity index (χ2n) is 7.21. The molecular weight excluding hydrogens is 390 g/mol. The van der Waals surface area contributed by atoms with Crippen molar-refractivity contribution in [1.29, 1.82) is 0 Å². The van der Waals surface area contributed by atoms with Gasteiger partial charge < -0.3 is 24.6 Å². The molecule has 154 valence electrons. The molecule has 7 nitrogen and oxygen atoms in total. The van der Waals surface area contributed by atoms with Gasteiger partial charge >= 0.3 is 0 Å². The average Bonchev–Trinajstić information content (AvgIpc) is 3.18. The Morgan fingerprint density at radius 1 is 1.03 bits per heavy atom. The van der Waals surface area contributed by atoms with Crippen LogP contribution in [0, 0.1) is 0 Å². The molecule has 0 radical (unpaired) electrons. The van der Waals surface area contributed by atoms with Crippen molar-refractivity contribution in [2.45, 2.75) is 0 Å². The van der Waals surface area contributed by atoms with Crippen molar-refractivity contribution in [1.82, 2.24) is 4.90 Å². The predicted octanol–water partition coefficient (Wildman–Crippen LogP) is 0.741. The van der Waals surface area contributed by atoms with Crippen LogP contribution in [0.1, 0.15) is 10.4 Å². The van der Waals surface area contributed by atoms with E-state index in [1.165, 1.54) is 16.2 Å². The molecule has 0 saturated carbocycles. The summed E-state index contributed by atoms with van der Waals surface area (Å²) in [4.78, 5) is 29.0. The lowest BCUT2D eigenvalue weighted by atomic mass is 10.0. The Morgan fingerprint density at radius 2 is 1.72 bits per heavy atom. The molecule has 2 aromatic rings. The molecule has 0 bridgehead atoms. The van der Waals surface area contributed by atoms with E-state index >= 15 is 0 Å². The molecule has 2 aliphatic heterocycles. The smallest absolute Gasteiger partial charge is 0.280 e. The molecule has 3 heterocycles. The zero-order valence-corrected chi connectivity index (χ0v) is 17.1. The molecule has 0 spiro atoms. The largest absolute Gasteiger partial charge is 0.378 e. The van der Waals surface area contributed by atoms with Crippen LogP contribution < -0.4 is 10.2 Å². The van der Waals surface area contributed by atoms with E-state index < -0.39 is 0 Å². The van der Waals surface area contributed by atoms with Gasteiger partial charge in [-0.3, -0.25) is 9.59 Å². The summed E-state index contributed by atoms with van der Waals surface area (Å²) in [6, 6.07) is 9.84. The third-order valence-electron chi connectivity index (χ3n) is 5.25. The van der Waals surface area contributed by atoms with Crippen molar-refractivity contribution in [2.24, 2.45) is 0 Å². The maximum absolute atomic E-state index is 13.4. The molecule has 2 saturated heterocycles. The highest BCUT2D eigenvalue weighted by molar-refractivity contribution is 7.15. The quantitative estimate of drug-likeness (QED) is 0.754. The Labute approximate surface area is 174 Å². The van der Waals surface area contributed by atoms with Gasteiger partial charge in [-0.15, -0.1) is 11.3 Å². The Kier molecular flexibility index (Phi) is 6.56. The van der Waals surface area contributed by atoms with Gasteiger partial charge in [0, 0.05) is 24.0 Å². The van der Waals surface area contributed by atoms with Crippen molar-refractivity contribution >= 4 is 28.2 Å². The molecule has 2 amide bonds. The monoisotopic (exact) mass is 416 g/mol. The number of carbonyl (C=O) groups is 2. The fraction of sp³-hybridized carbons (Fsp3) is 0.429. The van der Waals surface area contributed by atoms with Crippen LogP contribution in [0.2, 0.25) is 0 Å². The zero-order valence-electron chi connectivity index (χ0n) is 16.3. The first-order valence-corrected chi connectivity index (χ1v) is 10.9. The average molecular weight is 417 g/mol. The number of thiophene rings is 1. The summed E-state index contributed by atoms with van der Waals surface area (Å²) in [6.07, 6.45) is 0. The first-order chi connectivity index (χ1) is 14.2. The molecule has 2 fully saturated rings. The standard InChI is InChI=1S/C21H25N3O4S/c25-18(14-23-6-10-27-11-7-23)22-20-19(21(26)24-8-12-28-13-9-24)17(15-29-20)16-4-2-1-3-5-16/h1-5,15H,6-14H2,(H,22,25)/p+1. The van der Waals surface area contributed by atoms with Crippen LogP contribution in [0.25, 0.3) is 11.1 Å². The highest BCUT2D eigenvalue weighted by Crippen LogP contribution is 2.36. The van der Waals surface area contributed by atoms with E-state index in [9.17, 15) is 9.59 Å². The Morgan fingerprint density at radius 3 is 2.45 bits per heavy atom. The van der Waals surface area contributed by atoms with Crippen LogP contribution in [0.4, 0.5) is 5.00 Å². The van der Waals surface area contributed by atoms with Gasteiger partial charge in [0.1, 0.15) is 18.1 Å². The summed E-state index contributed by atoms with van der Waals surface area (Å²) in [5, 5.41) is 5.59. The lowest BCUT2D eigenvalue weighted by molar-refractivity contribution is -0.899. The number of morpholine rings is 2. The van der Waals surface area contributed by atoms with E-state index in [0.29, 0.717) is 56.6 Å². The van der Waals surface area contributed by atoms with Gasteiger partial charge in [0.25, 0.3) is 11.8 Å². The van der Waals surface area contributed by atoms with Crippen molar-refractivity contribution in [3.63, 3.8) is 0 Å². The van der Waals surface area contributed by atoms with E-state index in [-0.39, 0.29) is 11.8 Å². The fourth-order valence-electron chi connectivity index (χ4n) is 3.65. The van der Waals surface area contributed by atoms with Crippen LogP contribution in [0.15, 0.2) is 35.7 Å². The summed E-state index contributed by atoms with van der Waals surface area (Å²) in [5.74, 6) is -0.123. The van der Waals surface area contributed by atoms with Gasteiger partial charge in [-0.1, -0.05) is 30.3 Å². The minimum absolute atomic E-state index is 0.0533. The number of nitrogens with zero attached hydrogens (tertiary/aromatic N) is 1. The number of hydrogen-bond donors (Lipinski definition) is 2. The summed E-state index contributed by atoms with van der Waals surface area (Å²) >= 11 is 1.41. The SMILES string of the molecule is O=C(C[NH+]1CCOCC1)Nc1scc(-c2ccccc2)c1C(=O)N1CCOCC1. The molecule has 1 aromatic carbocycles. The number of nitrogens with one attached hydrogen (secondary N) is 2. The zero-order chi connectivity index (χ0) is 20.1. The summed E-state index contributed by atoms with van der Waals surface area (Å²) in [5.41, 5.74) is 2.41. The van der Waals surface area contributed by atoms with Crippen molar-refractivity contribution in [2.75, 3.05) is 64.5 Å². The molecule has 1 aromatic heterocycles. The van der Waals surface area contributed by atoms with Gasteiger partial charge in [-0.25, -0.2) is 0 Å². The third-order valence-corrected chi connectivity index (χ3v) is 6.15. The Hall–Kier alpha value is -2.26. The number of quaternary nitrogens is 1. The number of anilines is 1. The number of benzene rings is 1. The number of hydrogen-bond acceptors (Lipinski definition) is 5. The van der Waals surface area contributed by atoms with E-state index in [1.807, 2.05) is 35.7 Å². The van der Waals surface area contributed by atoms with Crippen LogP contribution >= 0.6 is 11.3 Å². The molecular formula is C21H26N3O4S+. The molecule has 4 rings (SSSR count). The molecule has 29 heavy (non-hydrogen) atoms. The molecule has 2 aliphatic rings. The lowest BCUT2D eigenvalue weighted by Gasteiger charge is -2.27. The topological polar surface area (TPSA) is 72.3 Å². The highest BCUT2D eigenvalue weighted by Gasteiger charge is 2.28. The fourth-order valence-corrected chi connectivity index (χ4v) is 4.63. The third kappa shape index (κ3) is 4.84. The van der Waals surface area contributed by atoms with Gasteiger partial charge in [-0.2, -0.15) is 0 Å². The number of ether oxygens (including phenoxy) is 2. The number of carbonyl (C=O) groups excluding carboxylic acids is 2. The summed E-state index contributed by atoms with van der Waals surface area (Å²) in [7, 11) is 0. The van der Waals surface area contributed by atoms with Crippen LogP contribution in [-0.4, -0.2) is 75.9 Å². The Balaban J connectivity index is 1.58. The van der Waals surface area contributed by atoms with Crippen molar-refractivity contribution in [3.05, 3.63) is 41.3 Å². The molecule has 8 heteroatoms. The van der Waals surface area contributed by atoms with E-state index in [0.717, 1.165) is 24.2 Å². The second kappa shape index (κ2) is 9.49. The second-order valence-corrected chi connectivity index (χ2v) is 8.09. The normalized spacial score (nSPS) is 17.9. The summed E-state index contributed by atoms with van der Waals surface area (Å²) in [6.45, 7) is 5.60. The van der Waals surface area contributed by atoms with Crippen molar-refractivity contribution in [3.8, 4) is 11.1 Å². The van der Waals surface area contributed by atoms with Crippen LogP contribution in [-0.2, 0) is 14.3 Å². The van der Waals surface area contributed by atoms with E-state index in [2.05, 4.69) is 5.32 Å². The van der Waals surface area contributed by atoms with Crippen LogP contribution in [0.3, 0.4) is 0 Å². The van der Waals surface area contributed by atoms with Gasteiger partial charge in [0.05, 0.1) is 32.0 Å².